The van der Waals surface area contributed by atoms with Gasteiger partial charge in [0.2, 0.25) is 0 Å². The summed E-state index contributed by atoms with van der Waals surface area (Å²) in [5.41, 5.74) is 1.13. The maximum Gasteiger partial charge on any atom is 0.387 e. The Morgan fingerprint density at radius 1 is 1.21 bits per heavy atom. The van der Waals surface area contributed by atoms with Crippen LogP contribution in [0.3, 0.4) is 0 Å². The van der Waals surface area contributed by atoms with Crippen molar-refractivity contribution in [3.8, 4) is 5.75 Å². The summed E-state index contributed by atoms with van der Waals surface area (Å²) in [7, 11) is 0. The second kappa shape index (κ2) is 6.71. The lowest BCUT2D eigenvalue weighted by Crippen LogP contribution is -2.02. The molecule has 0 aliphatic heterocycles. The minimum Gasteiger partial charge on any atom is -0.434 e. The predicted molar refractivity (Wildman–Crippen MR) is 88.3 cm³/mol. The minimum atomic E-state index is -2.90. The van der Waals surface area contributed by atoms with Crippen molar-refractivity contribution in [2.24, 2.45) is 0 Å². The van der Waals surface area contributed by atoms with E-state index in [1.165, 1.54) is 29.5 Å². The summed E-state index contributed by atoms with van der Waals surface area (Å²) in [5, 5.41) is 11.4. The van der Waals surface area contributed by atoms with Gasteiger partial charge in [-0.1, -0.05) is 18.2 Å². The molecule has 0 N–H and O–H groups in total. The number of ether oxygens (including phenoxy) is 1. The number of nitro benzene ring substituents is 1. The highest BCUT2D eigenvalue weighted by molar-refractivity contribution is 7.19. The summed E-state index contributed by atoms with van der Waals surface area (Å²) in [4.78, 5) is 14.7. The van der Waals surface area contributed by atoms with Crippen LogP contribution in [0.2, 0.25) is 0 Å². The molecule has 0 fully saturated rings. The molecule has 3 aromatic rings. The zero-order valence-corrected chi connectivity index (χ0v) is 12.9. The molecule has 0 radical (unpaired) electrons. The van der Waals surface area contributed by atoms with E-state index in [4.69, 9.17) is 0 Å². The Labute approximate surface area is 139 Å². The molecule has 122 valence electrons. The summed E-state index contributed by atoms with van der Waals surface area (Å²) in [6.45, 7) is -2.90. The average Bonchev–Trinajstić information content (AvgIpc) is 2.95. The third kappa shape index (κ3) is 3.54. The number of para-hydroxylation sites is 1. The largest absolute Gasteiger partial charge is 0.434 e. The van der Waals surface area contributed by atoms with Gasteiger partial charge in [0.05, 0.1) is 15.1 Å². The van der Waals surface area contributed by atoms with Crippen molar-refractivity contribution in [1.82, 2.24) is 4.98 Å². The van der Waals surface area contributed by atoms with E-state index in [1.807, 2.05) is 0 Å². The molecular weight excluding hydrogens is 338 g/mol. The molecule has 0 spiro atoms. The maximum atomic E-state index is 12.4. The van der Waals surface area contributed by atoms with E-state index in [1.54, 1.807) is 36.4 Å². The van der Waals surface area contributed by atoms with Gasteiger partial charge in [0.25, 0.3) is 5.69 Å². The highest BCUT2D eigenvalue weighted by Crippen LogP contribution is 2.28. The van der Waals surface area contributed by atoms with Crippen LogP contribution in [0, 0.1) is 10.1 Å². The van der Waals surface area contributed by atoms with Crippen LogP contribution in [-0.2, 0) is 0 Å². The van der Waals surface area contributed by atoms with E-state index in [0.29, 0.717) is 20.8 Å². The number of rotatable bonds is 5. The number of halogens is 2. The Bertz CT molecular complexity index is 925. The summed E-state index contributed by atoms with van der Waals surface area (Å²) < 4.78 is 29.9. The number of non-ortho nitro benzene ring substituents is 1. The third-order valence-corrected chi connectivity index (χ3v) is 4.12. The molecule has 0 aliphatic carbocycles. The molecule has 5 nitrogen and oxygen atoms in total. The van der Waals surface area contributed by atoms with Crippen molar-refractivity contribution < 1.29 is 18.4 Å². The van der Waals surface area contributed by atoms with Gasteiger partial charge in [0.1, 0.15) is 10.8 Å². The average molecular weight is 348 g/mol. The van der Waals surface area contributed by atoms with Crippen molar-refractivity contribution in [1.29, 1.82) is 0 Å². The van der Waals surface area contributed by atoms with Gasteiger partial charge in [-0.25, -0.2) is 4.98 Å². The standard InChI is InChI=1S/C16H10F2N2O3S/c17-16(18)23-13-4-2-1-3-10(13)5-8-15-19-12-7-6-11(20(21)22)9-14(12)24-15/h1-9,16H. The van der Waals surface area contributed by atoms with Crippen LogP contribution < -0.4 is 4.74 Å². The van der Waals surface area contributed by atoms with Gasteiger partial charge >= 0.3 is 6.61 Å². The monoisotopic (exact) mass is 348 g/mol. The molecule has 3 rings (SSSR count). The summed E-state index contributed by atoms with van der Waals surface area (Å²) >= 11 is 1.28. The fourth-order valence-electron chi connectivity index (χ4n) is 2.10. The molecule has 0 bridgehead atoms. The van der Waals surface area contributed by atoms with Crippen LogP contribution >= 0.6 is 11.3 Å². The molecule has 2 aromatic carbocycles. The smallest absolute Gasteiger partial charge is 0.387 e. The van der Waals surface area contributed by atoms with Crippen molar-refractivity contribution in [2.75, 3.05) is 0 Å². The molecule has 1 heterocycles. The lowest BCUT2D eigenvalue weighted by atomic mass is 10.2. The highest BCUT2D eigenvalue weighted by Gasteiger charge is 2.10. The maximum absolute atomic E-state index is 12.4. The van der Waals surface area contributed by atoms with Gasteiger partial charge in [-0.15, -0.1) is 11.3 Å². The van der Waals surface area contributed by atoms with E-state index >= 15 is 0 Å². The van der Waals surface area contributed by atoms with Gasteiger partial charge < -0.3 is 4.74 Å². The van der Waals surface area contributed by atoms with Crippen LogP contribution in [0.25, 0.3) is 22.4 Å². The topological polar surface area (TPSA) is 65.3 Å². The molecule has 0 saturated carbocycles. The number of hydrogen-bond acceptors (Lipinski definition) is 5. The Morgan fingerprint density at radius 2 is 2.00 bits per heavy atom. The third-order valence-electron chi connectivity index (χ3n) is 3.14. The second-order valence-corrected chi connectivity index (χ2v) is 5.77. The zero-order valence-electron chi connectivity index (χ0n) is 12.1. The highest BCUT2D eigenvalue weighted by atomic mass is 32.1. The number of thiazole rings is 1. The summed E-state index contributed by atoms with van der Waals surface area (Å²) in [5.74, 6) is 0.0699. The van der Waals surface area contributed by atoms with Crippen molar-refractivity contribution >= 4 is 39.4 Å². The number of hydrogen-bond donors (Lipinski definition) is 0. The molecule has 0 atom stereocenters. The fraction of sp³-hybridized carbons (Fsp3) is 0.0625. The van der Waals surface area contributed by atoms with Gasteiger partial charge in [-0.3, -0.25) is 10.1 Å². The summed E-state index contributed by atoms with van der Waals surface area (Å²) in [6.07, 6.45) is 3.27. The van der Waals surface area contributed by atoms with Crippen LogP contribution in [0.4, 0.5) is 14.5 Å². The zero-order chi connectivity index (χ0) is 17.1. The molecular formula is C16H10F2N2O3S. The van der Waals surface area contributed by atoms with Gasteiger partial charge in [-0.05, 0) is 24.3 Å². The number of fused-ring (bicyclic) bond motifs is 1. The lowest BCUT2D eigenvalue weighted by Gasteiger charge is -2.06. The van der Waals surface area contributed by atoms with Crippen molar-refractivity contribution in [3.63, 3.8) is 0 Å². The van der Waals surface area contributed by atoms with E-state index in [9.17, 15) is 18.9 Å². The molecule has 8 heteroatoms. The van der Waals surface area contributed by atoms with E-state index in [-0.39, 0.29) is 11.4 Å². The first kappa shape index (κ1) is 16.0. The molecule has 0 amide bonds. The first-order valence-corrected chi connectivity index (χ1v) is 7.61. The molecule has 1 aromatic heterocycles. The normalized spacial score (nSPS) is 11.5. The van der Waals surface area contributed by atoms with Crippen LogP contribution in [0.1, 0.15) is 10.6 Å². The van der Waals surface area contributed by atoms with Crippen LogP contribution in [0.5, 0.6) is 5.75 Å². The van der Waals surface area contributed by atoms with E-state index < -0.39 is 11.5 Å². The van der Waals surface area contributed by atoms with Gasteiger partial charge in [-0.2, -0.15) is 8.78 Å². The lowest BCUT2D eigenvalue weighted by molar-refractivity contribution is -0.384. The molecule has 0 aliphatic rings. The van der Waals surface area contributed by atoms with E-state index in [2.05, 4.69) is 9.72 Å². The number of alkyl halides is 2. The van der Waals surface area contributed by atoms with Gasteiger partial charge in [0, 0.05) is 17.7 Å². The number of nitrogens with zero attached hydrogens (tertiary/aromatic N) is 2. The van der Waals surface area contributed by atoms with Gasteiger partial charge in [0.15, 0.2) is 0 Å². The SMILES string of the molecule is O=[N+]([O-])c1ccc2nc(C=Cc3ccccc3OC(F)F)sc2c1. The Kier molecular flexibility index (Phi) is 4.48. The van der Waals surface area contributed by atoms with Crippen LogP contribution in [0.15, 0.2) is 42.5 Å². The Morgan fingerprint density at radius 3 is 2.75 bits per heavy atom. The van der Waals surface area contributed by atoms with Crippen LogP contribution in [-0.4, -0.2) is 16.5 Å². The first-order valence-electron chi connectivity index (χ1n) is 6.80. The van der Waals surface area contributed by atoms with Crippen molar-refractivity contribution in [2.45, 2.75) is 6.61 Å². The minimum absolute atomic E-state index is 0.00245. The fourth-order valence-corrected chi connectivity index (χ4v) is 3.00. The number of nitro groups is 1. The second-order valence-electron chi connectivity index (χ2n) is 4.71. The first-order chi connectivity index (χ1) is 11.5. The quantitative estimate of drug-likeness (QED) is 0.482. The molecule has 0 unspecified atom stereocenters. The number of aromatic nitrogens is 1. The summed E-state index contributed by atoms with van der Waals surface area (Å²) in [6, 6.07) is 10.8. The molecule has 24 heavy (non-hydrogen) atoms. The number of benzene rings is 2. The predicted octanol–water partition coefficient (Wildman–Crippen LogP) is 4.98. The molecule has 0 saturated heterocycles. The Balaban J connectivity index is 1.89. The Hall–Kier alpha value is -2.87. The van der Waals surface area contributed by atoms with Crippen molar-refractivity contribution in [3.05, 3.63) is 63.1 Å². The van der Waals surface area contributed by atoms with E-state index in [0.717, 1.165) is 0 Å².